The van der Waals surface area contributed by atoms with Crippen molar-refractivity contribution < 1.29 is 23.6 Å². The number of carbonyl (C=O) groups excluding carboxylic acids is 2. The van der Waals surface area contributed by atoms with Crippen LogP contribution >= 0.6 is 11.3 Å². The fraction of sp³-hybridized carbons (Fsp3) is 0.636. The molecule has 0 amide bonds. The summed E-state index contributed by atoms with van der Waals surface area (Å²) in [6.07, 6.45) is 2.93. The van der Waals surface area contributed by atoms with Crippen LogP contribution in [0, 0.1) is 5.41 Å². The van der Waals surface area contributed by atoms with Crippen LogP contribution in [0.1, 0.15) is 72.3 Å². The van der Waals surface area contributed by atoms with E-state index in [1.54, 1.807) is 18.3 Å². The first kappa shape index (κ1) is 22.3. The lowest BCUT2D eigenvalue weighted by molar-refractivity contribution is -0.161. The third kappa shape index (κ3) is 4.37. The van der Waals surface area contributed by atoms with Crippen molar-refractivity contribution in [3.05, 3.63) is 28.4 Å². The van der Waals surface area contributed by atoms with Crippen LogP contribution in [0.25, 0.3) is 5.57 Å². The topological polar surface area (TPSA) is 61.8 Å². The zero-order chi connectivity index (χ0) is 21.3. The van der Waals surface area contributed by atoms with Gasteiger partial charge in [-0.05, 0) is 81.8 Å². The second kappa shape index (κ2) is 8.36. The molecule has 0 aromatic carbocycles. The lowest BCUT2D eigenvalue weighted by Gasteiger charge is -2.34. The minimum absolute atomic E-state index is 0.0164. The number of Topliss-reactive ketones (excluding diaryl/α,β-unsaturated/α-hetero) is 1. The van der Waals surface area contributed by atoms with Crippen LogP contribution in [0.4, 0.5) is 0 Å². The molecular formula is C22H31BO5S. The molecule has 1 saturated heterocycles. The van der Waals surface area contributed by atoms with Gasteiger partial charge in [-0.2, -0.15) is 11.3 Å². The number of thiophene rings is 1. The van der Waals surface area contributed by atoms with Gasteiger partial charge in [0.25, 0.3) is 0 Å². The van der Waals surface area contributed by atoms with E-state index in [9.17, 15) is 9.59 Å². The zero-order valence-corrected chi connectivity index (χ0v) is 18.9. The van der Waals surface area contributed by atoms with Gasteiger partial charge in [-0.15, -0.1) is 0 Å². The predicted octanol–water partition coefficient (Wildman–Crippen LogP) is 4.85. The molecule has 5 nitrogen and oxygen atoms in total. The summed E-state index contributed by atoms with van der Waals surface area (Å²) in [7, 11) is -0.534. The monoisotopic (exact) mass is 418 g/mol. The fourth-order valence-corrected chi connectivity index (χ4v) is 4.67. The molecule has 0 spiro atoms. The third-order valence-electron chi connectivity index (χ3n) is 6.45. The molecule has 7 heteroatoms. The molecule has 29 heavy (non-hydrogen) atoms. The highest BCUT2D eigenvalue weighted by Gasteiger charge is 2.52. The van der Waals surface area contributed by atoms with Gasteiger partial charge < -0.3 is 14.0 Å². The first-order valence-electron chi connectivity index (χ1n) is 10.4. The summed E-state index contributed by atoms with van der Waals surface area (Å²) < 4.78 is 17.7. The predicted molar refractivity (Wildman–Crippen MR) is 116 cm³/mol. The minimum atomic E-state index is -1.12. The molecule has 1 atom stereocenters. The molecule has 2 fully saturated rings. The lowest BCUT2D eigenvalue weighted by Crippen LogP contribution is -2.43. The molecule has 1 saturated carbocycles. The SMILES string of the molecule is CCOC(=O)C1(C/C(=C\B2OC(C)(C)C(C)(C)O2)c2ccsc2)CCCCC1=O. The van der Waals surface area contributed by atoms with E-state index < -0.39 is 29.7 Å². The molecule has 1 aromatic heterocycles. The van der Waals surface area contributed by atoms with Crippen LogP contribution in [-0.4, -0.2) is 36.7 Å². The molecule has 2 heterocycles. The number of rotatable bonds is 6. The van der Waals surface area contributed by atoms with Gasteiger partial charge in [-0.3, -0.25) is 9.59 Å². The molecule has 158 valence electrons. The van der Waals surface area contributed by atoms with E-state index in [0.29, 0.717) is 19.3 Å². The number of carbonyl (C=O) groups is 2. The normalized spacial score (nSPS) is 26.6. The number of ether oxygens (including phenoxy) is 1. The standard InChI is InChI=1S/C22H31BO5S/c1-6-26-19(25)22(11-8-7-9-18(22)24)13-17(16-10-12-29-15-16)14-23-27-20(2,3)21(4,5)28-23/h10,12,14-15H,6-9,11,13H2,1-5H3/b17-14+. The van der Waals surface area contributed by atoms with Gasteiger partial charge in [0.05, 0.1) is 17.8 Å². The van der Waals surface area contributed by atoms with Crippen molar-refractivity contribution in [1.82, 2.24) is 0 Å². The average Bonchev–Trinajstić information content (AvgIpc) is 3.23. The van der Waals surface area contributed by atoms with Crippen LogP contribution in [-0.2, 0) is 23.6 Å². The van der Waals surface area contributed by atoms with Gasteiger partial charge in [-0.25, -0.2) is 0 Å². The van der Waals surface area contributed by atoms with E-state index in [-0.39, 0.29) is 12.4 Å². The largest absolute Gasteiger partial charge is 0.487 e. The summed E-state index contributed by atoms with van der Waals surface area (Å²) in [6, 6.07) is 2.01. The van der Waals surface area contributed by atoms with Gasteiger partial charge in [0.2, 0.25) is 0 Å². The van der Waals surface area contributed by atoms with Crippen molar-refractivity contribution in [2.75, 3.05) is 6.61 Å². The summed E-state index contributed by atoms with van der Waals surface area (Å²) in [5, 5.41) is 4.02. The van der Waals surface area contributed by atoms with E-state index in [1.165, 1.54) is 0 Å². The Bertz CT molecular complexity index is 767. The Labute approximate surface area is 177 Å². The van der Waals surface area contributed by atoms with Gasteiger partial charge in [0, 0.05) is 6.42 Å². The van der Waals surface area contributed by atoms with Crippen LogP contribution in [0.15, 0.2) is 22.8 Å². The molecule has 1 aromatic rings. The highest BCUT2D eigenvalue weighted by Crippen LogP contribution is 2.44. The smallest absolute Gasteiger partial charge is 0.465 e. The Morgan fingerprint density at radius 3 is 2.48 bits per heavy atom. The molecule has 1 aliphatic carbocycles. The highest BCUT2D eigenvalue weighted by atomic mass is 32.1. The summed E-state index contributed by atoms with van der Waals surface area (Å²) in [5.41, 5.74) is -0.133. The van der Waals surface area contributed by atoms with Crippen molar-refractivity contribution in [3.63, 3.8) is 0 Å². The van der Waals surface area contributed by atoms with Crippen molar-refractivity contribution in [2.24, 2.45) is 5.41 Å². The van der Waals surface area contributed by atoms with E-state index in [0.717, 1.165) is 24.0 Å². The molecule has 1 unspecified atom stereocenters. The number of hydrogen-bond acceptors (Lipinski definition) is 6. The van der Waals surface area contributed by atoms with E-state index in [4.69, 9.17) is 14.0 Å². The maximum Gasteiger partial charge on any atom is 0.487 e. The number of esters is 1. The summed E-state index contributed by atoms with van der Waals surface area (Å²) in [5.74, 6) is 1.51. The number of allylic oxidation sites excluding steroid dienone is 1. The van der Waals surface area contributed by atoms with E-state index in [1.807, 2.05) is 50.5 Å². The maximum atomic E-state index is 13.0. The van der Waals surface area contributed by atoms with Crippen molar-refractivity contribution in [3.8, 4) is 0 Å². The lowest BCUT2D eigenvalue weighted by atomic mass is 9.67. The van der Waals surface area contributed by atoms with Crippen molar-refractivity contribution in [1.29, 1.82) is 0 Å². The van der Waals surface area contributed by atoms with Crippen LogP contribution < -0.4 is 0 Å². The molecule has 0 N–H and O–H groups in total. The van der Waals surface area contributed by atoms with Crippen LogP contribution in [0.2, 0.25) is 0 Å². The Kier molecular flexibility index (Phi) is 6.42. The quantitative estimate of drug-likeness (QED) is 0.376. The Hall–Kier alpha value is -1.44. The molecule has 2 aliphatic rings. The summed E-state index contributed by atoms with van der Waals surface area (Å²) in [6.45, 7) is 10.1. The molecule has 0 bridgehead atoms. The summed E-state index contributed by atoms with van der Waals surface area (Å²) >= 11 is 1.58. The maximum absolute atomic E-state index is 13.0. The Balaban J connectivity index is 1.97. The van der Waals surface area contributed by atoms with Crippen molar-refractivity contribution >= 4 is 35.8 Å². The van der Waals surface area contributed by atoms with Gasteiger partial charge in [0.15, 0.2) is 5.78 Å². The van der Waals surface area contributed by atoms with Crippen molar-refractivity contribution in [2.45, 2.75) is 77.9 Å². The first-order valence-corrected chi connectivity index (χ1v) is 11.3. The molecule has 3 rings (SSSR count). The molecule has 1 aliphatic heterocycles. The Morgan fingerprint density at radius 1 is 1.24 bits per heavy atom. The average molecular weight is 418 g/mol. The minimum Gasteiger partial charge on any atom is -0.465 e. The molecular weight excluding hydrogens is 387 g/mol. The first-order chi connectivity index (χ1) is 13.6. The number of ketones is 1. The number of hydrogen-bond donors (Lipinski definition) is 0. The van der Waals surface area contributed by atoms with E-state index >= 15 is 0 Å². The third-order valence-corrected chi connectivity index (χ3v) is 7.13. The van der Waals surface area contributed by atoms with Gasteiger partial charge in [0.1, 0.15) is 5.41 Å². The van der Waals surface area contributed by atoms with E-state index in [2.05, 4.69) is 0 Å². The fourth-order valence-electron chi connectivity index (χ4n) is 3.99. The zero-order valence-electron chi connectivity index (χ0n) is 18.1. The molecule has 0 radical (unpaired) electrons. The van der Waals surface area contributed by atoms with Gasteiger partial charge >= 0.3 is 13.1 Å². The van der Waals surface area contributed by atoms with Crippen LogP contribution in [0.5, 0.6) is 0 Å². The Morgan fingerprint density at radius 2 is 1.93 bits per heavy atom. The summed E-state index contributed by atoms with van der Waals surface area (Å²) in [4.78, 5) is 25.9. The van der Waals surface area contributed by atoms with Gasteiger partial charge in [-0.1, -0.05) is 12.4 Å². The second-order valence-corrected chi connectivity index (χ2v) is 9.72. The second-order valence-electron chi connectivity index (χ2n) is 8.94. The highest BCUT2D eigenvalue weighted by molar-refractivity contribution is 7.08. The van der Waals surface area contributed by atoms with Crippen LogP contribution in [0.3, 0.4) is 0 Å².